The molecule has 0 aromatic heterocycles. The van der Waals surface area contributed by atoms with Crippen molar-refractivity contribution < 1.29 is 19.4 Å². The number of hydrogen-bond acceptors (Lipinski definition) is 3. The third kappa shape index (κ3) is 3.20. The van der Waals surface area contributed by atoms with Gasteiger partial charge in [0.05, 0.1) is 18.4 Å². The van der Waals surface area contributed by atoms with Crippen molar-refractivity contribution in [2.75, 3.05) is 26.8 Å². The first-order valence-corrected chi connectivity index (χ1v) is 5.56. The summed E-state index contributed by atoms with van der Waals surface area (Å²) in [5.74, 6) is -1.13. The topological polar surface area (TPSA) is 66.8 Å². The fraction of sp³-hybridized carbons (Fsp3) is 0.818. The lowest BCUT2D eigenvalue weighted by atomic mass is 9.96. The van der Waals surface area contributed by atoms with Crippen molar-refractivity contribution >= 4 is 11.9 Å². The van der Waals surface area contributed by atoms with Gasteiger partial charge in [-0.2, -0.15) is 0 Å². The fourth-order valence-electron chi connectivity index (χ4n) is 1.98. The van der Waals surface area contributed by atoms with Gasteiger partial charge >= 0.3 is 5.97 Å². The van der Waals surface area contributed by atoms with E-state index in [1.165, 1.54) is 0 Å². The average Bonchev–Trinajstić information content (AvgIpc) is 2.28. The van der Waals surface area contributed by atoms with Crippen molar-refractivity contribution in [3.05, 3.63) is 0 Å². The van der Waals surface area contributed by atoms with Gasteiger partial charge < -0.3 is 14.7 Å². The zero-order valence-electron chi connectivity index (χ0n) is 9.81. The number of amides is 1. The molecule has 0 aliphatic carbocycles. The number of nitrogens with zero attached hydrogens (tertiary/aromatic N) is 1. The predicted octanol–water partition coefficient (Wildman–Crippen LogP) is 0.592. The molecule has 5 heteroatoms. The van der Waals surface area contributed by atoms with Crippen LogP contribution in [0, 0.1) is 11.8 Å². The summed E-state index contributed by atoms with van der Waals surface area (Å²) >= 11 is 0. The first-order chi connectivity index (χ1) is 7.56. The largest absolute Gasteiger partial charge is 0.481 e. The SMILES string of the molecule is COCC(C)C(=O)N1CCC(C(=O)O)CC1. The Kier molecular flexibility index (Phi) is 4.73. The van der Waals surface area contributed by atoms with E-state index in [4.69, 9.17) is 9.84 Å². The molecule has 1 heterocycles. The number of carboxylic acid groups (broad SMARTS) is 1. The molecule has 1 aliphatic rings. The van der Waals surface area contributed by atoms with E-state index in [2.05, 4.69) is 0 Å². The van der Waals surface area contributed by atoms with Gasteiger partial charge in [0.15, 0.2) is 0 Å². The third-order valence-corrected chi connectivity index (χ3v) is 2.99. The molecule has 0 aromatic rings. The molecule has 0 spiro atoms. The maximum atomic E-state index is 11.9. The maximum Gasteiger partial charge on any atom is 0.306 e. The molecular weight excluding hydrogens is 210 g/mol. The second-order valence-electron chi connectivity index (χ2n) is 4.29. The van der Waals surface area contributed by atoms with Crippen LogP contribution in [0.3, 0.4) is 0 Å². The number of hydrogen-bond donors (Lipinski definition) is 1. The van der Waals surface area contributed by atoms with Gasteiger partial charge in [0, 0.05) is 20.2 Å². The molecule has 16 heavy (non-hydrogen) atoms. The number of aliphatic carboxylic acids is 1. The molecule has 1 aliphatic heterocycles. The predicted molar refractivity (Wildman–Crippen MR) is 58.0 cm³/mol. The van der Waals surface area contributed by atoms with Crippen LogP contribution in [0.4, 0.5) is 0 Å². The van der Waals surface area contributed by atoms with Gasteiger partial charge in [0.25, 0.3) is 0 Å². The van der Waals surface area contributed by atoms with Gasteiger partial charge in [0.2, 0.25) is 5.91 Å². The third-order valence-electron chi connectivity index (χ3n) is 2.99. The molecular formula is C11H19NO4. The van der Waals surface area contributed by atoms with Crippen molar-refractivity contribution in [1.29, 1.82) is 0 Å². The first kappa shape index (κ1) is 13.0. The lowest BCUT2D eigenvalue weighted by Gasteiger charge is -2.31. The minimum absolute atomic E-state index is 0.0608. The maximum absolute atomic E-state index is 11.9. The van der Waals surface area contributed by atoms with Crippen LogP contribution in [-0.2, 0) is 14.3 Å². The molecule has 0 radical (unpaired) electrons. The molecule has 1 fully saturated rings. The smallest absolute Gasteiger partial charge is 0.306 e. The highest BCUT2D eigenvalue weighted by Gasteiger charge is 2.28. The van der Waals surface area contributed by atoms with Crippen LogP contribution in [0.15, 0.2) is 0 Å². The van der Waals surface area contributed by atoms with Crippen LogP contribution in [0.25, 0.3) is 0 Å². The summed E-state index contributed by atoms with van der Waals surface area (Å²) in [5.41, 5.74) is 0. The van der Waals surface area contributed by atoms with E-state index in [1.54, 1.807) is 12.0 Å². The zero-order chi connectivity index (χ0) is 12.1. The number of piperidine rings is 1. The van der Waals surface area contributed by atoms with E-state index in [9.17, 15) is 9.59 Å². The Morgan fingerprint density at radius 1 is 1.44 bits per heavy atom. The van der Waals surface area contributed by atoms with Crippen molar-refractivity contribution in [3.8, 4) is 0 Å². The number of carbonyl (C=O) groups is 2. The normalized spacial score (nSPS) is 19.5. The molecule has 5 nitrogen and oxygen atoms in total. The molecule has 0 bridgehead atoms. The lowest BCUT2D eigenvalue weighted by molar-refractivity contribution is -0.147. The highest BCUT2D eigenvalue weighted by atomic mass is 16.5. The molecule has 0 saturated carbocycles. The quantitative estimate of drug-likeness (QED) is 0.766. The minimum atomic E-state index is -0.753. The first-order valence-electron chi connectivity index (χ1n) is 5.56. The number of carbonyl (C=O) groups excluding carboxylic acids is 1. The molecule has 1 N–H and O–H groups in total. The van der Waals surface area contributed by atoms with Gasteiger partial charge in [-0.3, -0.25) is 9.59 Å². The summed E-state index contributed by atoms with van der Waals surface area (Å²) in [6, 6.07) is 0. The van der Waals surface area contributed by atoms with Crippen LogP contribution in [0.1, 0.15) is 19.8 Å². The van der Waals surface area contributed by atoms with Gasteiger partial charge in [0.1, 0.15) is 0 Å². The molecule has 92 valence electrons. The highest BCUT2D eigenvalue weighted by molar-refractivity contribution is 5.79. The molecule has 1 rings (SSSR count). The Labute approximate surface area is 95.4 Å². The summed E-state index contributed by atoms with van der Waals surface area (Å²) in [4.78, 5) is 24.3. The number of ether oxygens (including phenoxy) is 1. The van der Waals surface area contributed by atoms with Crippen LogP contribution in [0.5, 0.6) is 0 Å². The lowest BCUT2D eigenvalue weighted by Crippen LogP contribution is -2.43. The summed E-state index contributed by atoms with van der Waals surface area (Å²) in [6.45, 7) is 3.33. The van der Waals surface area contributed by atoms with Crippen LogP contribution in [-0.4, -0.2) is 48.7 Å². The van der Waals surface area contributed by atoms with E-state index >= 15 is 0 Å². The number of rotatable bonds is 4. The standard InChI is InChI=1S/C11H19NO4/c1-8(7-16-2)10(13)12-5-3-9(4-6-12)11(14)15/h8-9H,3-7H2,1-2H3,(H,14,15). The van der Waals surface area contributed by atoms with Crippen molar-refractivity contribution in [2.45, 2.75) is 19.8 Å². The zero-order valence-corrected chi connectivity index (χ0v) is 9.81. The summed E-state index contributed by atoms with van der Waals surface area (Å²) in [7, 11) is 1.57. The summed E-state index contributed by atoms with van der Waals surface area (Å²) in [5, 5.41) is 8.83. The van der Waals surface area contributed by atoms with Crippen LogP contribution in [0.2, 0.25) is 0 Å². The minimum Gasteiger partial charge on any atom is -0.481 e. The molecule has 0 aromatic carbocycles. The second-order valence-corrected chi connectivity index (χ2v) is 4.29. The van der Waals surface area contributed by atoms with E-state index in [0.29, 0.717) is 32.5 Å². The van der Waals surface area contributed by atoms with Crippen molar-refractivity contribution in [2.24, 2.45) is 11.8 Å². The van der Waals surface area contributed by atoms with Crippen molar-refractivity contribution in [1.82, 2.24) is 4.90 Å². The van der Waals surface area contributed by atoms with E-state index in [0.717, 1.165) is 0 Å². The highest BCUT2D eigenvalue weighted by Crippen LogP contribution is 2.18. The Balaban J connectivity index is 2.41. The molecule has 1 amide bonds. The number of likely N-dealkylation sites (tertiary alicyclic amines) is 1. The van der Waals surface area contributed by atoms with Gasteiger partial charge in [-0.15, -0.1) is 0 Å². The Hall–Kier alpha value is -1.10. The van der Waals surface area contributed by atoms with E-state index < -0.39 is 5.97 Å². The second kappa shape index (κ2) is 5.84. The monoisotopic (exact) mass is 229 g/mol. The van der Waals surface area contributed by atoms with Crippen molar-refractivity contribution in [3.63, 3.8) is 0 Å². The fourth-order valence-corrected chi connectivity index (χ4v) is 1.98. The summed E-state index contributed by atoms with van der Waals surface area (Å²) in [6.07, 6.45) is 1.11. The number of carboxylic acids is 1. The Bertz CT molecular complexity index is 259. The van der Waals surface area contributed by atoms with Gasteiger partial charge in [-0.1, -0.05) is 6.92 Å². The van der Waals surface area contributed by atoms with Gasteiger partial charge in [-0.05, 0) is 12.8 Å². The van der Waals surface area contributed by atoms with E-state index in [-0.39, 0.29) is 17.7 Å². The average molecular weight is 229 g/mol. The number of methoxy groups -OCH3 is 1. The molecule has 1 atom stereocenters. The van der Waals surface area contributed by atoms with Crippen LogP contribution < -0.4 is 0 Å². The molecule has 1 saturated heterocycles. The molecule has 1 unspecified atom stereocenters. The Morgan fingerprint density at radius 2 is 2.00 bits per heavy atom. The van der Waals surface area contributed by atoms with E-state index in [1.807, 2.05) is 6.92 Å². The van der Waals surface area contributed by atoms with Gasteiger partial charge in [-0.25, -0.2) is 0 Å². The van der Waals surface area contributed by atoms with Crippen LogP contribution >= 0.6 is 0 Å². The summed E-state index contributed by atoms with van der Waals surface area (Å²) < 4.78 is 4.93. The Morgan fingerprint density at radius 3 is 2.44 bits per heavy atom.